The molecule has 0 spiro atoms. The first-order valence-electron chi connectivity index (χ1n) is 9.52. The van der Waals surface area contributed by atoms with E-state index in [0.717, 1.165) is 30.2 Å². The fraction of sp³-hybridized carbons (Fsp3) is 0.333. The number of methoxy groups -OCH3 is 1. The first kappa shape index (κ1) is 18.6. The molecule has 1 aliphatic heterocycles. The highest BCUT2D eigenvalue weighted by Gasteiger charge is 2.24. The number of urea groups is 1. The fourth-order valence-corrected chi connectivity index (χ4v) is 4.52. The molecule has 2 heterocycles. The van der Waals surface area contributed by atoms with Gasteiger partial charge >= 0.3 is 6.03 Å². The molecule has 0 atom stereocenters. The molecular weight excluding hydrogens is 372 g/mol. The summed E-state index contributed by atoms with van der Waals surface area (Å²) >= 11 is 1.73. The Bertz CT molecular complexity index is 979. The monoisotopic (exact) mass is 396 g/mol. The number of thiazole rings is 1. The Morgan fingerprint density at radius 3 is 2.68 bits per heavy atom. The number of hydrogen-bond donors (Lipinski definition) is 1. The van der Waals surface area contributed by atoms with Gasteiger partial charge in [0.2, 0.25) is 0 Å². The second-order valence-corrected chi connectivity index (χ2v) is 7.73. The highest BCUT2D eigenvalue weighted by molar-refractivity contribution is 7.22. The molecular formula is C21H24N4O2S. The summed E-state index contributed by atoms with van der Waals surface area (Å²) in [6, 6.07) is 13.7. The molecule has 0 aliphatic carbocycles. The van der Waals surface area contributed by atoms with Crippen molar-refractivity contribution in [3.8, 4) is 5.75 Å². The average Bonchev–Trinajstić information content (AvgIpc) is 3.18. The van der Waals surface area contributed by atoms with E-state index in [2.05, 4.69) is 35.3 Å². The molecule has 0 unspecified atom stereocenters. The molecule has 3 aromatic rings. The van der Waals surface area contributed by atoms with Crippen molar-refractivity contribution in [2.24, 2.45) is 0 Å². The standard InChI is InChI=1S/C21H24N4O2S/c1-3-15-7-6-10-18-19(15)23-21(28-18)25-13-11-24(12-14-25)20(26)22-16-8-4-5-9-17(16)27-2/h4-10H,3,11-14H2,1-2H3,(H,22,26). The molecule has 2 amide bonds. The van der Waals surface area contributed by atoms with Crippen molar-refractivity contribution in [3.05, 3.63) is 48.0 Å². The smallest absolute Gasteiger partial charge is 0.322 e. The zero-order valence-electron chi connectivity index (χ0n) is 16.1. The van der Waals surface area contributed by atoms with Gasteiger partial charge < -0.3 is 19.9 Å². The van der Waals surface area contributed by atoms with Gasteiger partial charge in [0, 0.05) is 26.2 Å². The number of fused-ring (bicyclic) bond motifs is 1. The van der Waals surface area contributed by atoms with Crippen molar-refractivity contribution in [1.82, 2.24) is 9.88 Å². The van der Waals surface area contributed by atoms with Gasteiger partial charge in [-0.2, -0.15) is 0 Å². The maximum absolute atomic E-state index is 12.6. The van der Waals surface area contributed by atoms with Crippen LogP contribution in [-0.4, -0.2) is 49.2 Å². The summed E-state index contributed by atoms with van der Waals surface area (Å²) in [5, 5.41) is 4.00. The molecule has 0 saturated carbocycles. The number of nitrogens with one attached hydrogen (secondary N) is 1. The van der Waals surface area contributed by atoms with Crippen molar-refractivity contribution in [2.45, 2.75) is 13.3 Å². The number of aromatic nitrogens is 1. The van der Waals surface area contributed by atoms with Crippen LogP contribution in [0.5, 0.6) is 5.75 Å². The summed E-state index contributed by atoms with van der Waals surface area (Å²) in [5.41, 5.74) is 3.09. The minimum atomic E-state index is -0.0956. The van der Waals surface area contributed by atoms with E-state index in [9.17, 15) is 4.79 Å². The number of amides is 2. The molecule has 1 aromatic heterocycles. The van der Waals surface area contributed by atoms with Crippen molar-refractivity contribution in [1.29, 1.82) is 0 Å². The molecule has 1 aliphatic rings. The Morgan fingerprint density at radius 1 is 1.14 bits per heavy atom. The van der Waals surface area contributed by atoms with Gasteiger partial charge in [0.05, 0.1) is 23.0 Å². The number of nitrogens with zero attached hydrogens (tertiary/aromatic N) is 3. The number of piperazine rings is 1. The van der Waals surface area contributed by atoms with Gasteiger partial charge in [-0.1, -0.05) is 42.5 Å². The third-order valence-corrected chi connectivity index (χ3v) is 6.14. The number of benzene rings is 2. The summed E-state index contributed by atoms with van der Waals surface area (Å²) in [5.74, 6) is 0.663. The third kappa shape index (κ3) is 3.62. The highest BCUT2D eigenvalue weighted by atomic mass is 32.1. The second kappa shape index (κ2) is 8.06. The van der Waals surface area contributed by atoms with Crippen LogP contribution in [0.25, 0.3) is 10.2 Å². The zero-order valence-corrected chi connectivity index (χ0v) is 17.0. The van der Waals surface area contributed by atoms with Crippen LogP contribution >= 0.6 is 11.3 Å². The summed E-state index contributed by atoms with van der Waals surface area (Å²) in [6.07, 6.45) is 0.984. The lowest BCUT2D eigenvalue weighted by molar-refractivity contribution is 0.208. The van der Waals surface area contributed by atoms with E-state index in [1.165, 1.54) is 10.3 Å². The lowest BCUT2D eigenvalue weighted by Gasteiger charge is -2.34. The summed E-state index contributed by atoms with van der Waals surface area (Å²) in [4.78, 5) is 21.6. The maximum atomic E-state index is 12.6. The van der Waals surface area contributed by atoms with Gasteiger partial charge in [-0.15, -0.1) is 0 Å². The Balaban J connectivity index is 1.41. The number of rotatable bonds is 4. The van der Waals surface area contributed by atoms with Crippen LogP contribution in [0.15, 0.2) is 42.5 Å². The number of aryl methyl sites for hydroxylation is 1. The molecule has 1 N–H and O–H groups in total. The third-order valence-electron chi connectivity index (χ3n) is 5.06. The first-order chi connectivity index (χ1) is 13.7. The maximum Gasteiger partial charge on any atom is 0.322 e. The van der Waals surface area contributed by atoms with E-state index in [1.807, 2.05) is 29.2 Å². The van der Waals surface area contributed by atoms with E-state index in [1.54, 1.807) is 18.4 Å². The van der Waals surface area contributed by atoms with Crippen molar-refractivity contribution >= 4 is 38.4 Å². The molecule has 1 fully saturated rings. The predicted octanol–water partition coefficient (Wildman–Crippen LogP) is 4.22. The van der Waals surface area contributed by atoms with Gasteiger partial charge in [-0.3, -0.25) is 0 Å². The Morgan fingerprint density at radius 2 is 1.93 bits per heavy atom. The molecule has 6 nitrogen and oxygen atoms in total. The van der Waals surface area contributed by atoms with Crippen LogP contribution in [0.1, 0.15) is 12.5 Å². The van der Waals surface area contributed by atoms with E-state index in [0.29, 0.717) is 24.5 Å². The molecule has 28 heavy (non-hydrogen) atoms. The van der Waals surface area contributed by atoms with E-state index in [-0.39, 0.29) is 6.03 Å². The lowest BCUT2D eigenvalue weighted by Crippen LogP contribution is -2.50. The Labute approximate surface area is 168 Å². The topological polar surface area (TPSA) is 57.7 Å². The normalized spacial score (nSPS) is 14.4. The van der Waals surface area contributed by atoms with Crippen LogP contribution in [0.3, 0.4) is 0 Å². The van der Waals surface area contributed by atoms with E-state index >= 15 is 0 Å². The van der Waals surface area contributed by atoms with Crippen molar-refractivity contribution < 1.29 is 9.53 Å². The number of carbonyl (C=O) groups is 1. The molecule has 4 rings (SSSR count). The Kier molecular flexibility index (Phi) is 5.34. The lowest BCUT2D eigenvalue weighted by atomic mass is 10.1. The SMILES string of the molecule is CCc1cccc2sc(N3CCN(C(=O)Nc4ccccc4OC)CC3)nc12. The number of carbonyl (C=O) groups excluding carboxylic acids is 1. The van der Waals surface area contributed by atoms with Gasteiger partial charge in [-0.25, -0.2) is 9.78 Å². The number of anilines is 2. The molecule has 146 valence electrons. The van der Waals surface area contributed by atoms with E-state index < -0.39 is 0 Å². The first-order valence-corrected chi connectivity index (χ1v) is 10.3. The van der Waals surface area contributed by atoms with Gasteiger partial charge in [-0.05, 0) is 30.2 Å². The Hall–Kier alpha value is -2.80. The number of hydrogen-bond acceptors (Lipinski definition) is 5. The average molecular weight is 397 g/mol. The number of ether oxygens (including phenoxy) is 1. The molecule has 0 bridgehead atoms. The molecule has 1 saturated heterocycles. The van der Waals surface area contributed by atoms with Gasteiger partial charge in [0.1, 0.15) is 5.75 Å². The zero-order chi connectivity index (χ0) is 19.5. The van der Waals surface area contributed by atoms with Crippen molar-refractivity contribution in [2.75, 3.05) is 43.5 Å². The van der Waals surface area contributed by atoms with Crippen LogP contribution in [0.4, 0.5) is 15.6 Å². The minimum absolute atomic E-state index is 0.0956. The molecule has 7 heteroatoms. The van der Waals surface area contributed by atoms with Crippen LogP contribution in [-0.2, 0) is 6.42 Å². The summed E-state index contributed by atoms with van der Waals surface area (Å²) < 4.78 is 6.54. The van der Waals surface area contributed by atoms with Crippen LogP contribution in [0.2, 0.25) is 0 Å². The van der Waals surface area contributed by atoms with Crippen molar-refractivity contribution in [3.63, 3.8) is 0 Å². The fourth-order valence-electron chi connectivity index (χ4n) is 3.46. The summed E-state index contributed by atoms with van der Waals surface area (Å²) in [7, 11) is 1.60. The second-order valence-electron chi connectivity index (χ2n) is 6.72. The molecule has 2 aromatic carbocycles. The number of para-hydroxylation sites is 3. The van der Waals surface area contributed by atoms with Gasteiger partial charge in [0.25, 0.3) is 0 Å². The van der Waals surface area contributed by atoms with Crippen LogP contribution < -0.4 is 15.0 Å². The van der Waals surface area contributed by atoms with Crippen LogP contribution in [0, 0.1) is 0 Å². The molecule has 0 radical (unpaired) electrons. The predicted molar refractivity (Wildman–Crippen MR) is 115 cm³/mol. The highest BCUT2D eigenvalue weighted by Crippen LogP contribution is 2.31. The minimum Gasteiger partial charge on any atom is -0.495 e. The largest absolute Gasteiger partial charge is 0.495 e. The quantitative estimate of drug-likeness (QED) is 0.717. The summed E-state index contributed by atoms with van der Waals surface area (Å²) in [6.45, 7) is 5.04. The van der Waals surface area contributed by atoms with E-state index in [4.69, 9.17) is 9.72 Å². The van der Waals surface area contributed by atoms with Gasteiger partial charge in [0.15, 0.2) is 5.13 Å².